The maximum absolute atomic E-state index is 5.76. The van der Waals surface area contributed by atoms with Crippen LogP contribution in [0.5, 0.6) is 0 Å². The molecule has 1 fully saturated rings. The number of benzene rings is 1. The van der Waals surface area contributed by atoms with Gasteiger partial charge in [0.05, 0.1) is 6.20 Å². The van der Waals surface area contributed by atoms with E-state index in [1.54, 1.807) is 12.3 Å². The summed E-state index contributed by atoms with van der Waals surface area (Å²) in [6.45, 7) is 1.84. The van der Waals surface area contributed by atoms with Gasteiger partial charge in [-0.1, -0.05) is 30.3 Å². The molecular weight excluding hydrogens is 300 g/mol. The number of nitrogens with zero attached hydrogens (tertiary/aromatic N) is 4. The van der Waals surface area contributed by atoms with E-state index in [2.05, 4.69) is 49.3 Å². The van der Waals surface area contributed by atoms with Crippen LogP contribution in [-0.2, 0) is 0 Å². The molecular formula is C18H20N6. The molecule has 0 spiro atoms. The molecule has 1 aliphatic rings. The van der Waals surface area contributed by atoms with Crippen molar-refractivity contribution in [3.8, 4) is 11.1 Å². The predicted octanol–water partition coefficient (Wildman–Crippen LogP) is 2.83. The Balaban J connectivity index is 1.50. The van der Waals surface area contributed by atoms with Crippen molar-refractivity contribution >= 4 is 11.8 Å². The highest BCUT2D eigenvalue weighted by atomic mass is 15.3. The zero-order valence-electron chi connectivity index (χ0n) is 13.4. The highest BCUT2D eigenvalue weighted by Crippen LogP contribution is 2.34. The molecule has 3 aromatic rings. The zero-order valence-corrected chi connectivity index (χ0v) is 13.4. The third-order valence-electron chi connectivity index (χ3n) is 4.60. The summed E-state index contributed by atoms with van der Waals surface area (Å²) in [5, 5.41) is 7.50. The fourth-order valence-electron chi connectivity index (χ4n) is 3.34. The summed E-state index contributed by atoms with van der Waals surface area (Å²) in [6, 6.07) is 12.1. The normalized spacial score (nSPS) is 15.6. The van der Waals surface area contributed by atoms with E-state index in [9.17, 15) is 0 Å². The van der Waals surface area contributed by atoms with E-state index in [0.717, 1.165) is 31.9 Å². The number of H-pyrrole nitrogens is 1. The Morgan fingerprint density at radius 1 is 1.08 bits per heavy atom. The number of nitrogens with one attached hydrogen (secondary N) is 1. The molecule has 0 atom stereocenters. The van der Waals surface area contributed by atoms with Gasteiger partial charge in [0.1, 0.15) is 5.82 Å². The van der Waals surface area contributed by atoms with Crippen LogP contribution in [0, 0.1) is 0 Å². The fourth-order valence-corrected chi connectivity index (χ4v) is 3.34. The average Bonchev–Trinajstić information content (AvgIpc) is 3.12. The molecule has 0 radical (unpaired) electrons. The van der Waals surface area contributed by atoms with Gasteiger partial charge in [-0.05, 0) is 24.5 Å². The first-order valence-electron chi connectivity index (χ1n) is 8.23. The quantitative estimate of drug-likeness (QED) is 0.775. The number of piperidine rings is 1. The molecule has 3 heterocycles. The lowest BCUT2D eigenvalue weighted by Gasteiger charge is -2.32. The van der Waals surface area contributed by atoms with E-state index in [-0.39, 0.29) is 0 Å². The highest BCUT2D eigenvalue weighted by molar-refractivity contribution is 5.65. The van der Waals surface area contributed by atoms with Gasteiger partial charge in [-0.25, -0.2) is 4.98 Å². The molecule has 1 saturated heterocycles. The first kappa shape index (κ1) is 14.7. The van der Waals surface area contributed by atoms with Gasteiger partial charge in [-0.2, -0.15) is 10.1 Å². The molecule has 0 amide bonds. The second-order valence-corrected chi connectivity index (χ2v) is 6.11. The molecule has 4 rings (SSSR count). The number of aromatic amines is 1. The van der Waals surface area contributed by atoms with E-state index in [0.29, 0.717) is 11.7 Å². The van der Waals surface area contributed by atoms with Crippen LogP contribution in [0.4, 0.5) is 11.8 Å². The Hall–Kier alpha value is -2.89. The summed E-state index contributed by atoms with van der Waals surface area (Å²) in [5.74, 6) is 1.71. The summed E-state index contributed by atoms with van der Waals surface area (Å²) in [6.07, 6.45) is 5.73. The monoisotopic (exact) mass is 320 g/mol. The number of nitrogen functional groups attached to an aromatic ring is 1. The molecule has 0 bridgehead atoms. The van der Waals surface area contributed by atoms with Crippen LogP contribution < -0.4 is 10.6 Å². The standard InChI is InChI=1S/C18H20N6/c19-16-6-9-20-18(22-16)24-10-7-14(8-11-24)17-15(12-21-23-17)13-4-2-1-3-5-13/h1-6,9,12,14H,7-8,10-11H2,(H,21,23)(H2,19,20,22). The summed E-state index contributed by atoms with van der Waals surface area (Å²) < 4.78 is 0. The molecule has 3 N–H and O–H groups in total. The van der Waals surface area contributed by atoms with Gasteiger partial charge in [0.15, 0.2) is 0 Å². The van der Waals surface area contributed by atoms with Gasteiger partial charge < -0.3 is 10.6 Å². The van der Waals surface area contributed by atoms with Crippen LogP contribution in [-0.4, -0.2) is 33.3 Å². The third-order valence-corrected chi connectivity index (χ3v) is 4.60. The summed E-state index contributed by atoms with van der Waals surface area (Å²) in [7, 11) is 0. The first-order chi connectivity index (χ1) is 11.8. The van der Waals surface area contributed by atoms with Gasteiger partial charge in [-0.15, -0.1) is 0 Å². The molecule has 1 aliphatic heterocycles. The predicted molar refractivity (Wildman–Crippen MR) is 94.7 cm³/mol. The average molecular weight is 320 g/mol. The van der Waals surface area contributed by atoms with Crippen molar-refractivity contribution in [2.75, 3.05) is 23.7 Å². The lowest BCUT2D eigenvalue weighted by molar-refractivity contribution is 0.491. The molecule has 0 unspecified atom stereocenters. The second-order valence-electron chi connectivity index (χ2n) is 6.11. The Morgan fingerprint density at radius 2 is 1.88 bits per heavy atom. The van der Waals surface area contributed by atoms with Crippen LogP contribution >= 0.6 is 0 Å². The molecule has 0 aliphatic carbocycles. The van der Waals surface area contributed by atoms with Crippen LogP contribution in [0.1, 0.15) is 24.5 Å². The van der Waals surface area contributed by atoms with Crippen molar-refractivity contribution in [3.05, 3.63) is 54.5 Å². The minimum absolute atomic E-state index is 0.472. The highest BCUT2D eigenvalue weighted by Gasteiger charge is 2.25. The Bertz CT molecular complexity index is 805. The molecule has 1 aromatic carbocycles. The Kier molecular flexibility index (Phi) is 3.86. The SMILES string of the molecule is Nc1ccnc(N2CCC(c3[nH]ncc3-c3ccccc3)CC2)n1. The van der Waals surface area contributed by atoms with Gasteiger partial charge in [0, 0.05) is 36.5 Å². The molecule has 6 nitrogen and oxygen atoms in total. The second kappa shape index (κ2) is 6.31. The van der Waals surface area contributed by atoms with Crippen LogP contribution in [0.15, 0.2) is 48.8 Å². The largest absolute Gasteiger partial charge is 0.384 e. The maximum Gasteiger partial charge on any atom is 0.227 e. The Labute approximate surface area is 140 Å². The number of aromatic nitrogens is 4. The van der Waals surface area contributed by atoms with E-state index in [4.69, 9.17) is 5.73 Å². The van der Waals surface area contributed by atoms with Crippen molar-refractivity contribution < 1.29 is 0 Å². The maximum atomic E-state index is 5.76. The molecule has 0 saturated carbocycles. The van der Waals surface area contributed by atoms with Gasteiger partial charge in [-0.3, -0.25) is 5.10 Å². The first-order valence-corrected chi connectivity index (χ1v) is 8.23. The third kappa shape index (κ3) is 2.82. The molecule has 6 heteroatoms. The Morgan fingerprint density at radius 3 is 2.62 bits per heavy atom. The van der Waals surface area contributed by atoms with Crippen molar-refractivity contribution in [2.24, 2.45) is 0 Å². The van der Waals surface area contributed by atoms with Gasteiger partial charge >= 0.3 is 0 Å². The van der Waals surface area contributed by atoms with Crippen LogP contribution in [0.3, 0.4) is 0 Å². The van der Waals surface area contributed by atoms with Crippen molar-refractivity contribution in [2.45, 2.75) is 18.8 Å². The lowest BCUT2D eigenvalue weighted by atomic mass is 9.89. The minimum Gasteiger partial charge on any atom is -0.384 e. The minimum atomic E-state index is 0.472. The van der Waals surface area contributed by atoms with E-state index in [1.807, 2.05) is 12.3 Å². The van der Waals surface area contributed by atoms with Crippen LogP contribution in [0.25, 0.3) is 11.1 Å². The number of hydrogen-bond donors (Lipinski definition) is 2. The van der Waals surface area contributed by atoms with E-state index in [1.165, 1.54) is 16.8 Å². The summed E-state index contributed by atoms with van der Waals surface area (Å²) >= 11 is 0. The summed E-state index contributed by atoms with van der Waals surface area (Å²) in [5.41, 5.74) is 9.41. The smallest absolute Gasteiger partial charge is 0.227 e. The lowest BCUT2D eigenvalue weighted by Crippen LogP contribution is -2.34. The van der Waals surface area contributed by atoms with Gasteiger partial charge in [0.25, 0.3) is 0 Å². The van der Waals surface area contributed by atoms with Crippen molar-refractivity contribution in [1.82, 2.24) is 20.2 Å². The number of rotatable bonds is 3. The van der Waals surface area contributed by atoms with Crippen molar-refractivity contribution in [3.63, 3.8) is 0 Å². The molecule has 2 aromatic heterocycles. The molecule has 24 heavy (non-hydrogen) atoms. The van der Waals surface area contributed by atoms with Crippen molar-refractivity contribution in [1.29, 1.82) is 0 Å². The molecule has 122 valence electrons. The number of hydrogen-bond acceptors (Lipinski definition) is 5. The van der Waals surface area contributed by atoms with Crippen LogP contribution in [0.2, 0.25) is 0 Å². The zero-order chi connectivity index (χ0) is 16.4. The van der Waals surface area contributed by atoms with E-state index >= 15 is 0 Å². The van der Waals surface area contributed by atoms with E-state index < -0.39 is 0 Å². The van der Waals surface area contributed by atoms with Gasteiger partial charge in [0.2, 0.25) is 5.95 Å². The number of nitrogens with two attached hydrogens (primary N) is 1. The topological polar surface area (TPSA) is 83.7 Å². The number of anilines is 2. The summed E-state index contributed by atoms with van der Waals surface area (Å²) in [4.78, 5) is 10.9. The fraction of sp³-hybridized carbons (Fsp3) is 0.278.